The molecule has 0 spiro atoms. The Balaban J connectivity index is 1.87. The van der Waals surface area contributed by atoms with Crippen LogP contribution >= 0.6 is 11.3 Å². The van der Waals surface area contributed by atoms with Crippen LogP contribution in [0.4, 0.5) is 0 Å². The molecule has 0 bridgehead atoms. The SMILES string of the molecule is O=C(NC1CCCCNC1)c1ccsc1. The molecule has 15 heavy (non-hydrogen) atoms. The highest BCUT2D eigenvalue weighted by molar-refractivity contribution is 7.08. The van der Waals surface area contributed by atoms with Gasteiger partial charge in [0.25, 0.3) is 5.91 Å². The highest BCUT2D eigenvalue weighted by Gasteiger charge is 2.15. The summed E-state index contributed by atoms with van der Waals surface area (Å²) in [6, 6.07) is 2.16. The Bertz CT molecular complexity index is 302. The van der Waals surface area contributed by atoms with E-state index >= 15 is 0 Å². The fourth-order valence-corrected chi connectivity index (χ4v) is 2.44. The standard InChI is InChI=1S/C11H16N2OS/c14-11(9-4-6-15-8-9)13-10-3-1-2-5-12-7-10/h4,6,8,10,12H,1-3,5,7H2,(H,13,14). The van der Waals surface area contributed by atoms with Crippen molar-refractivity contribution in [2.75, 3.05) is 13.1 Å². The van der Waals surface area contributed by atoms with Gasteiger partial charge in [-0.2, -0.15) is 11.3 Å². The molecule has 1 aliphatic heterocycles. The average Bonchev–Trinajstić information content (AvgIpc) is 2.65. The van der Waals surface area contributed by atoms with Gasteiger partial charge in [0, 0.05) is 23.5 Å². The minimum absolute atomic E-state index is 0.0601. The number of rotatable bonds is 2. The highest BCUT2D eigenvalue weighted by Crippen LogP contribution is 2.08. The van der Waals surface area contributed by atoms with Gasteiger partial charge in [-0.25, -0.2) is 0 Å². The molecule has 1 aromatic rings. The number of thiophene rings is 1. The summed E-state index contributed by atoms with van der Waals surface area (Å²) in [6.07, 6.45) is 3.50. The molecule has 2 heterocycles. The zero-order chi connectivity index (χ0) is 10.5. The Morgan fingerprint density at radius 1 is 1.53 bits per heavy atom. The van der Waals surface area contributed by atoms with Crippen LogP contribution in [0, 0.1) is 0 Å². The summed E-state index contributed by atoms with van der Waals surface area (Å²) in [5.41, 5.74) is 0.782. The first-order chi connectivity index (χ1) is 7.36. The van der Waals surface area contributed by atoms with Crippen molar-refractivity contribution in [1.82, 2.24) is 10.6 Å². The molecular formula is C11H16N2OS. The summed E-state index contributed by atoms with van der Waals surface area (Å²) < 4.78 is 0. The summed E-state index contributed by atoms with van der Waals surface area (Å²) in [5.74, 6) is 0.0601. The van der Waals surface area contributed by atoms with E-state index in [4.69, 9.17) is 0 Å². The summed E-state index contributed by atoms with van der Waals surface area (Å²) in [7, 11) is 0. The molecule has 0 saturated carbocycles. The normalized spacial score (nSPS) is 22.0. The zero-order valence-electron chi connectivity index (χ0n) is 8.66. The van der Waals surface area contributed by atoms with Crippen molar-refractivity contribution >= 4 is 17.2 Å². The fourth-order valence-electron chi connectivity index (χ4n) is 1.80. The van der Waals surface area contributed by atoms with E-state index in [9.17, 15) is 4.79 Å². The quantitative estimate of drug-likeness (QED) is 0.801. The third-order valence-corrected chi connectivity index (χ3v) is 3.35. The minimum atomic E-state index is 0.0601. The van der Waals surface area contributed by atoms with Crippen LogP contribution in [0.25, 0.3) is 0 Å². The Hall–Kier alpha value is -0.870. The second kappa shape index (κ2) is 5.28. The highest BCUT2D eigenvalue weighted by atomic mass is 32.1. The van der Waals surface area contributed by atoms with E-state index in [1.54, 1.807) is 11.3 Å². The van der Waals surface area contributed by atoms with E-state index in [0.29, 0.717) is 6.04 Å². The maximum Gasteiger partial charge on any atom is 0.252 e. The van der Waals surface area contributed by atoms with Gasteiger partial charge in [-0.15, -0.1) is 0 Å². The van der Waals surface area contributed by atoms with Gasteiger partial charge in [0.1, 0.15) is 0 Å². The van der Waals surface area contributed by atoms with Crippen LogP contribution in [0.3, 0.4) is 0 Å². The van der Waals surface area contributed by atoms with Gasteiger partial charge in [-0.05, 0) is 30.8 Å². The molecule has 1 unspecified atom stereocenters. The van der Waals surface area contributed by atoms with Crippen LogP contribution in [0.15, 0.2) is 16.8 Å². The number of hydrogen-bond acceptors (Lipinski definition) is 3. The van der Waals surface area contributed by atoms with E-state index in [-0.39, 0.29) is 5.91 Å². The molecule has 3 nitrogen and oxygen atoms in total. The maximum absolute atomic E-state index is 11.8. The van der Waals surface area contributed by atoms with Crippen molar-refractivity contribution in [3.05, 3.63) is 22.4 Å². The first kappa shape index (κ1) is 10.6. The second-order valence-corrected chi connectivity index (χ2v) is 4.66. The molecule has 1 amide bonds. The van der Waals surface area contributed by atoms with Crippen LogP contribution in [0.1, 0.15) is 29.6 Å². The second-order valence-electron chi connectivity index (χ2n) is 3.88. The topological polar surface area (TPSA) is 41.1 Å². The summed E-state index contributed by atoms with van der Waals surface area (Å²) in [6.45, 7) is 1.97. The number of carbonyl (C=O) groups excluding carboxylic acids is 1. The molecular weight excluding hydrogens is 208 g/mol. The van der Waals surface area contributed by atoms with Crippen molar-refractivity contribution in [2.45, 2.75) is 25.3 Å². The van der Waals surface area contributed by atoms with Gasteiger partial charge in [-0.1, -0.05) is 6.42 Å². The monoisotopic (exact) mass is 224 g/mol. The van der Waals surface area contributed by atoms with Crippen LogP contribution in [-0.2, 0) is 0 Å². The van der Waals surface area contributed by atoms with Crippen molar-refractivity contribution in [1.29, 1.82) is 0 Å². The average molecular weight is 224 g/mol. The number of carbonyl (C=O) groups is 1. The largest absolute Gasteiger partial charge is 0.348 e. The van der Waals surface area contributed by atoms with E-state index in [2.05, 4.69) is 10.6 Å². The number of hydrogen-bond donors (Lipinski definition) is 2. The van der Waals surface area contributed by atoms with E-state index in [1.807, 2.05) is 16.8 Å². The van der Waals surface area contributed by atoms with Gasteiger partial charge in [0.15, 0.2) is 0 Å². The summed E-state index contributed by atoms with van der Waals surface area (Å²) in [5, 5.41) is 10.2. The first-order valence-corrected chi connectivity index (χ1v) is 6.34. The van der Waals surface area contributed by atoms with E-state index < -0.39 is 0 Å². The Morgan fingerprint density at radius 2 is 2.47 bits per heavy atom. The van der Waals surface area contributed by atoms with Crippen LogP contribution in [0.2, 0.25) is 0 Å². The van der Waals surface area contributed by atoms with Crippen molar-refractivity contribution in [3.63, 3.8) is 0 Å². The molecule has 1 aliphatic rings. The lowest BCUT2D eigenvalue weighted by molar-refractivity contribution is 0.0936. The molecule has 0 radical (unpaired) electrons. The van der Waals surface area contributed by atoms with Gasteiger partial charge < -0.3 is 10.6 Å². The molecule has 1 fully saturated rings. The lowest BCUT2D eigenvalue weighted by atomic mass is 10.1. The molecule has 2 N–H and O–H groups in total. The van der Waals surface area contributed by atoms with Crippen molar-refractivity contribution in [3.8, 4) is 0 Å². The fraction of sp³-hybridized carbons (Fsp3) is 0.545. The lowest BCUT2D eigenvalue weighted by Crippen LogP contribution is -2.40. The molecule has 4 heteroatoms. The van der Waals surface area contributed by atoms with Crippen LogP contribution in [0.5, 0.6) is 0 Å². The van der Waals surface area contributed by atoms with E-state index in [1.165, 1.54) is 12.8 Å². The van der Waals surface area contributed by atoms with Crippen LogP contribution in [-0.4, -0.2) is 25.0 Å². The van der Waals surface area contributed by atoms with Gasteiger partial charge in [0.05, 0.1) is 0 Å². The zero-order valence-corrected chi connectivity index (χ0v) is 9.48. The number of nitrogens with one attached hydrogen (secondary N) is 2. The maximum atomic E-state index is 11.8. The van der Waals surface area contributed by atoms with Gasteiger partial charge >= 0.3 is 0 Å². The lowest BCUT2D eigenvalue weighted by Gasteiger charge is -2.15. The molecule has 2 rings (SSSR count). The minimum Gasteiger partial charge on any atom is -0.348 e. The molecule has 1 atom stereocenters. The predicted octanol–water partition coefficient (Wildman–Crippen LogP) is 1.62. The third-order valence-electron chi connectivity index (χ3n) is 2.67. The van der Waals surface area contributed by atoms with Gasteiger partial charge in [-0.3, -0.25) is 4.79 Å². The predicted molar refractivity (Wildman–Crippen MR) is 62.3 cm³/mol. The summed E-state index contributed by atoms with van der Waals surface area (Å²) >= 11 is 1.56. The van der Waals surface area contributed by atoms with Crippen molar-refractivity contribution < 1.29 is 4.79 Å². The third kappa shape index (κ3) is 3.04. The molecule has 0 aromatic carbocycles. The Morgan fingerprint density at radius 3 is 3.27 bits per heavy atom. The van der Waals surface area contributed by atoms with Crippen LogP contribution < -0.4 is 10.6 Å². The molecule has 82 valence electrons. The first-order valence-electron chi connectivity index (χ1n) is 5.40. The van der Waals surface area contributed by atoms with Gasteiger partial charge in [0.2, 0.25) is 0 Å². The van der Waals surface area contributed by atoms with E-state index in [0.717, 1.165) is 25.1 Å². The number of amides is 1. The molecule has 1 saturated heterocycles. The Kier molecular flexibility index (Phi) is 3.75. The molecule has 0 aliphatic carbocycles. The summed E-state index contributed by atoms with van der Waals surface area (Å²) in [4.78, 5) is 11.8. The molecule has 1 aromatic heterocycles. The smallest absolute Gasteiger partial charge is 0.252 e. The van der Waals surface area contributed by atoms with Crippen molar-refractivity contribution in [2.24, 2.45) is 0 Å². The Labute approximate surface area is 93.9 Å².